The number of hydrogen-bond acceptors (Lipinski definition) is 6. The fraction of sp³-hybridized carbons (Fsp3) is 0.429. The van der Waals surface area contributed by atoms with Crippen LogP contribution in [0.15, 0.2) is 33.9 Å². The summed E-state index contributed by atoms with van der Waals surface area (Å²) in [6.07, 6.45) is 0.625. The zero-order valence-electron chi connectivity index (χ0n) is 11.8. The Morgan fingerprint density at radius 3 is 2.90 bits per heavy atom. The third-order valence-corrected chi connectivity index (χ3v) is 4.12. The van der Waals surface area contributed by atoms with Gasteiger partial charge < -0.3 is 14.5 Å². The average molecular weight is 294 g/mol. The van der Waals surface area contributed by atoms with E-state index in [1.54, 1.807) is 7.05 Å². The molecule has 0 amide bonds. The summed E-state index contributed by atoms with van der Waals surface area (Å²) in [4.78, 5) is 16.1. The fourth-order valence-corrected chi connectivity index (χ4v) is 2.81. The Balaban J connectivity index is 1.96. The van der Waals surface area contributed by atoms with Gasteiger partial charge in [-0.25, -0.2) is 4.98 Å². The molecular formula is C14H18N2O3S. The maximum Gasteiger partial charge on any atom is 0.325 e. The molecule has 2 rings (SSSR count). The van der Waals surface area contributed by atoms with Crippen LogP contribution < -0.4 is 5.32 Å². The number of hydrogen-bond donors (Lipinski definition) is 1. The Hall–Kier alpha value is -1.53. The molecule has 5 nitrogen and oxygen atoms in total. The quantitative estimate of drug-likeness (QED) is 0.652. The predicted molar refractivity (Wildman–Crippen MR) is 78.8 cm³/mol. The molecule has 1 heterocycles. The highest BCUT2D eigenvalue weighted by molar-refractivity contribution is 7.99. The zero-order valence-corrected chi connectivity index (χ0v) is 12.6. The first-order valence-corrected chi connectivity index (χ1v) is 7.33. The Morgan fingerprint density at radius 1 is 1.50 bits per heavy atom. The molecule has 0 fully saturated rings. The summed E-state index contributed by atoms with van der Waals surface area (Å²) in [6.45, 7) is 1.82. The molecule has 0 bridgehead atoms. The van der Waals surface area contributed by atoms with Crippen LogP contribution in [-0.2, 0) is 9.53 Å². The third-order valence-electron chi connectivity index (χ3n) is 3.29. The van der Waals surface area contributed by atoms with Crippen LogP contribution in [0.2, 0.25) is 0 Å². The molecule has 6 heteroatoms. The SMILES string of the molecule is CNC(C)(CCSc1nc2ccccc2o1)C(=O)OC. The van der Waals surface area contributed by atoms with Gasteiger partial charge in [-0.15, -0.1) is 0 Å². The van der Waals surface area contributed by atoms with Crippen molar-refractivity contribution < 1.29 is 13.9 Å². The number of benzene rings is 1. The lowest BCUT2D eigenvalue weighted by Gasteiger charge is -2.25. The lowest BCUT2D eigenvalue weighted by Crippen LogP contribution is -2.48. The second kappa shape index (κ2) is 6.28. The van der Waals surface area contributed by atoms with Crippen LogP contribution in [0.4, 0.5) is 0 Å². The van der Waals surface area contributed by atoms with Gasteiger partial charge in [-0.1, -0.05) is 23.9 Å². The van der Waals surface area contributed by atoms with Gasteiger partial charge in [0.05, 0.1) is 7.11 Å². The number of nitrogens with one attached hydrogen (secondary N) is 1. The van der Waals surface area contributed by atoms with Crippen molar-refractivity contribution in [1.29, 1.82) is 0 Å². The molecule has 108 valence electrons. The number of oxazole rings is 1. The summed E-state index contributed by atoms with van der Waals surface area (Å²) in [5.41, 5.74) is 0.937. The summed E-state index contributed by atoms with van der Waals surface area (Å²) in [5, 5.41) is 3.62. The number of thioether (sulfide) groups is 1. The van der Waals surface area contributed by atoms with Crippen LogP contribution in [0.1, 0.15) is 13.3 Å². The van der Waals surface area contributed by atoms with E-state index in [0.717, 1.165) is 11.1 Å². The number of methoxy groups -OCH3 is 1. The standard InChI is InChI=1S/C14H18N2O3S/c1-14(15-2,12(17)18-3)8-9-20-13-16-10-6-4-5-7-11(10)19-13/h4-7,15H,8-9H2,1-3H3. The monoisotopic (exact) mass is 294 g/mol. The molecule has 0 aliphatic rings. The van der Waals surface area contributed by atoms with Crippen molar-refractivity contribution in [3.8, 4) is 0 Å². The lowest BCUT2D eigenvalue weighted by molar-refractivity contribution is -0.147. The second-order valence-electron chi connectivity index (χ2n) is 4.62. The number of fused-ring (bicyclic) bond motifs is 1. The Kier molecular flexibility index (Phi) is 4.67. The van der Waals surface area contributed by atoms with Crippen molar-refractivity contribution >= 4 is 28.8 Å². The Labute approximate surface area is 122 Å². The third kappa shape index (κ3) is 3.13. The summed E-state index contributed by atoms with van der Waals surface area (Å²) < 4.78 is 10.4. The normalized spacial score (nSPS) is 14.2. The fourth-order valence-electron chi connectivity index (χ4n) is 1.81. The van der Waals surface area contributed by atoms with E-state index >= 15 is 0 Å². The minimum absolute atomic E-state index is 0.266. The van der Waals surface area contributed by atoms with Gasteiger partial charge in [0.15, 0.2) is 5.58 Å². The predicted octanol–water partition coefficient (Wildman–Crippen LogP) is 2.46. The first kappa shape index (κ1) is 14.9. The molecule has 0 saturated carbocycles. The molecule has 0 spiro atoms. The van der Waals surface area contributed by atoms with Crippen LogP contribution in [-0.4, -0.2) is 36.4 Å². The summed E-state index contributed by atoms with van der Waals surface area (Å²) in [5.74, 6) is 0.442. The second-order valence-corrected chi connectivity index (χ2v) is 5.67. The highest BCUT2D eigenvalue weighted by Gasteiger charge is 2.32. The maximum absolute atomic E-state index is 11.7. The largest absolute Gasteiger partial charge is 0.468 e. The number of rotatable bonds is 6. The molecule has 1 N–H and O–H groups in total. The first-order chi connectivity index (χ1) is 9.59. The number of ether oxygens (including phenoxy) is 1. The number of carbonyl (C=O) groups is 1. The van der Waals surface area contributed by atoms with Crippen LogP contribution in [0.5, 0.6) is 0 Å². The van der Waals surface area contributed by atoms with Gasteiger partial charge in [0.1, 0.15) is 11.1 Å². The number of para-hydroxylation sites is 2. The molecule has 0 radical (unpaired) electrons. The van der Waals surface area contributed by atoms with Gasteiger partial charge in [0.25, 0.3) is 5.22 Å². The topological polar surface area (TPSA) is 64.4 Å². The Morgan fingerprint density at radius 2 is 2.25 bits per heavy atom. The van der Waals surface area contributed by atoms with Crippen molar-refractivity contribution in [2.45, 2.75) is 24.1 Å². The van der Waals surface area contributed by atoms with E-state index in [2.05, 4.69) is 10.3 Å². The van der Waals surface area contributed by atoms with E-state index in [1.165, 1.54) is 18.9 Å². The van der Waals surface area contributed by atoms with Gasteiger partial charge in [-0.3, -0.25) is 4.79 Å². The van der Waals surface area contributed by atoms with Crippen molar-refractivity contribution in [2.24, 2.45) is 0 Å². The minimum Gasteiger partial charge on any atom is -0.468 e. The molecular weight excluding hydrogens is 276 g/mol. The minimum atomic E-state index is -0.687. The number of nitrogens with zero attached hydrogens (tertiary/aromatic N) is 1. The van der Waals surface area contributed by atoms with Crippen molar-refractivity contribution in [3.63, 3.8) is 0 Å². The van der Waals surface area contributed by atoms with Gasteiger partial charge >= 0.3 is 5.97 Å². The average Bonchev–Trinajstić information content (AvgIpc) is 2.88. The number of likely N-dealkylation sites (N-methyl/N-ethyl adjacent to an activating group) is 1. The summed E-state index contributed by atoms with van der Waals surface area (Å²) in [7, 11) is 3.15. The molecule has 1 unspecified atom stereocenters. The first-order valence-electron chi connectivity index (χ1n) is 6.35. The molecule has 1 aromatic carbocycles. The van der Waals surface area contributed by atoms with Crippen molar-refractivity contribution in [3.05, 3.63) is 24.3 Å². The number of aromatic nitrogens is 1. The molecule has 20 heavy (non-hydrogen) atoms. The van der Waals surface area contributed by atoms with E-state index in [9.17, 15) is 4.79 Å². The Bertz CT molecular complexity index is 566. The highest BCUT2D eigenvalue weighted by Crippen LogP contribution is 2.25. The van der Waals surface area contributed by atoms with Gasteiger partial charge in [0, 0.05) is 5.75 Å². The zero-order chi connectivity index (χ0) is 14.6. The molecule has 1 atom stereocenters. The van der Waals surface area contributed by atoms with E-state index in [1.807, 2.05) is 31.2 Å². The summed E-state index contributed by atoms with van der Waals surface area (Å²) >= 11 is 1.49. The van der Waals surface area contributed by atoms with Gasteiger partial charge in [0.2, 0.25) is 0 Å². The van der Waals surface area contributed by atoms with E-state index in [-0.39, 0.29) is 5.97 Å². The summed E-state index contributed by atoms with van der Waals surface area (Å²) in [6, 6.07) is 7.64. The maximum atomic E-state index is 11.7. The van der Waals surface area contributed by atoms with E-state index in [4.69, 9.17) is 9.15 Å². The van der Waals surface area contributed by atoms with E-state index < -0.39 is 5.54 Å². The number of esters is 1. The van der Waals surface area contributed by atoms with Crippen LogP contribution >= 0.6 is 11.8 Å². The van der Waals surface area contributed by atoms with Gasteiger partial charge in [-0.2, -0.15) is 0 Å². The van der Waals surface area contributed by atoms with Crippen LogP contribution in [0, 0.1) is 0 Å². The van der Waals surface area contributed by atoms with Crippen molar-refractivity contribution in [1.82, 2.24) is 10.3 Å². The number of carbonyl (C=O) groups excluding carboxylic acids is 1. The van der Waals surface area contributed by atoms with Gasteiger partial charge in [-0.05, 0) is 32.5 Å². The smallest absolute Gasteiger partial charge is 0.325 e. The lowest BCUT2D eigenvalue weighted by atomic mass is 10.00. The molecule has 0 saturated heterocycles. The molecule has 2 aromatic rings. The molecule has 0 aliphatic carbocycles. The molecule has 0 aliphatic heterocycles. The van der Waals surface area contributed by atoms with E-state index in [0.29, 0.717) is 17.4 Å². The van der Waals surface area contributed by atoms with Crippen LogP contribution in [0.25, 0.3) is 11.1 Å². The van der Waals surface area contributed by atoms with Crippen LogP contribution in [0.3, 0.4) is 0 Å². The van der Waals surface area contributed by atoms with Crippen molar-refractivity contribution in [2.75, 3.05) is 19.9 Å². The molecule has 1 aromatic heterocycles. The highest BCUT2D eigenvalue weighted by atomic mass is 32.2.